The van der Waals surface area contributed by atoms with Crippen molar-refractivity contribution in [2.45, 2.75) is 6.54 Å². The van der Waals surface area contributed by atoms with Crippen LogP contribution < -0.4 is 18.9 Å². The quantitative estimate of drug-likeness (QED) is 0.517. The summed E-state index contributed by atoms with van der Waals surface area (Å²) in [6.45, 7) is 0.146. The molecule has 2 aliphatic rings. The first-order valence-electron chi connectivity index (χ1n) is 8.66. The molecule has 0 radical (unpaired) electrons. The number of fused-ring (bicyclic) bond motifs is 1. The number of benzene rings is 2. The number of halogens is 2. The summed E-state index contributed by atoms with van der Waals surface area (Å²) >= 11 is 10.6. The predicted molar refractivity (Wildman–Crippen MR) is 116 cm³/mol. The Hall–Kier alpha value is -2.36. The number of hydrogen-bond acceptors (Lipinski definition) is 7. The minimum Gasteiger partial charge on any atom is -0.493 e. The third-order valence-electron chi connectivity index (χ3n) is 4.50. The number of thioether (sulfide) groups is 1. The van der Waals surface area contributed by atoms with Crippen molar-refractivity contribution in [1.82, 2.24) is 4.90 Å². The molecule has 156 valence electrons. The van der Waals surface area contributed by atoms with E-state index in [2.05, 4.69) is 15.9 Å². The molecule has 0 atom stereocenters. The number of methoxy groups -OCH3 is 2. The average molecular weight is 513 g/mol. The Morgan fingerprint density at radius 1 is 1.17 bits per heavy atom. The molecule has 10 heteroatoms. The van der Waals surface area contributed by atoms with Gasteiger partial charge in [-0.2, -0.15) is 0 Å². The molecule has 30 heavy (non-hydrogen) atoms. The molecule has 0 N–H and O–H groups in total. The van der Waals surface area contributed by atoms with Gasteiger partial charge in [-0.05, 0) is 63.1 Å². The smallest absolute Gasteiger partial charge is 0.293 e. The summed E-state index contributed by atoms with van der Waals surface area (Å²) in [5.74, 6) is 1.72. The minimum absolute atomic E-state index is 0.0348. The number of rotatable bonds is 5. The van der Waals surface area contributed by atoms with Crippen LogP contribution in [0.25, 0.3) is 6.08 Å². The largest absolute Gasteiger partial charge is 0.493 e. The molecule has 0 unspecified atom stereocenters. The normalized spacial score (nSPS) is 16.5. The summed E-state index contributed by atoms with van der Waals surface area (Å²) in [5, 5.41) is 0.0191. The average Bonchev–Trinajstić information content (AvgIpc) is 3.26. The number of carbonyl (C=O) groups excluding carboxylic acids is 2. The molecule has 0 bridgehead atoms. The lowest BCUT2D eigenvalue weighted by Gasteiger charge is -2.14. The van der Waals surface area contributed by atoms with E-state index in [0.29, 0.717) is 48.5 Å². The maximum absolute atomic E-state index is 12.9. The van der Waals surface area contributed by atoms with Crippen LogP contribution in [-0.2, 0) is 11.3 Å². The third-order valence-corrected chi connectivity index (χ3v) is 6.35. The summed E-state index contributed by atoms with van der Waals surface area (Å²) in [4.78, 5) is 26.8. The molecule has 0 saturated carbocycles. The van der Waals surface area contributed by atoms with Crippen molar-refractivity contribution in [3.8, 4) is 23.0 Å². The van der Waals surface area contributed by atoms with Gasteiger partial charge in [-0.25, -0.2) is 0 Å². The van der Waals surface area contributed by atoms with Crippen molar-refractivity contribution in [3.05, 3.63) is 49.8 Å². The molecule has 0 aliphatic carbocycles. The van der Waals surface area contributed by atoms with Crippen LogP contribution in [0.15, 0.2) is 33.6 Å². The van der Waals surface area contributed by atoms with E-state index in [-0.39, 0.29) is 18.6 Å². The number of nitrogens with zero attached hydrogens (tertiary/aromatic N) is 1. The Morgan fingerprint density at radius 3 is 2.60 bits per heavy atom. The Balaban J connectivity index is 1.60. The summed E-state index contributed by atoms with van der Waals surface area (Å²) in [6.07, 6.45) is 1.64. The van der Waals surface area contributed by atoms with E-state index in [1.165, 1.54) is 14.2 Å². The van der Waals surface area contributed by atoms with E-state index in [0.717, 1.165) is 16.7 Å². The Morgan fingerprint density at radius 2 is 1.90 bits per heavy atom. The maximum Gasteiger partial charge on any atom is 0.293 e. The first-order chi connectivity index (χ1) is 14.4. The lowest BCUT2D eigenvalue weighted by Crippen LogP contribution is -2.27. The van der Waals surface area contributed by atoms with Gasteiger partial charge in [0.05, 0.1) is 30.1 Å². The van der Waals surface area contributed by atoms with E-state index >= 15 is 0 Å². The van der Waals surface area contributed by atoms with Gasteiger partial charge in [0.2, 0.25) is 6.79 Å². The van der Waals surface area contributed by atoms with E-state index in [4.69, 9.17) is 30.5 Å². The lowest BCUT2D eigenvalue weighted by atomic mass is 10.1. The zero-order chi connectivity index (χ0) is 21.4. The molecule has 2 heterocycles. The molecule has 2 aliphatic heterocycles. The van der Waals surface area contributed by atoms with Gasteiger partial charge in [0.15, 0.2) is 23.0 Å². The highest BCUT2D eigenvalue weighted by molar-refractivity contribution is 9.10. The molecule has 0 aromatic heterocycles. The molecule has 2 aromatic carbocycles. The van der Waals surface area contributed by atoms with Crippen LogP contribution in [0.2, 0.25) is 5.02 Å². The van der Waals surface area contributed by atoms with Crippen molar-refractivity contribution in [3.63, 3.8) is 0 Å². The highest BCUT2D eigenvalue weighted by Gasteiger charge is 2.36. The summed E-state index contributed by atoms with van der Waals surface area (Å²) in [5.41, 5.74) is 1.28. The zero-order valence-corrected chi connectivity index (χ0v) is 19.0. The Bertz CT molecular complexity index is 1090. The van der Waals surface area contributed by atoms with Crippen LogP contribution in [0, 0.1) is 0 Å². The third kappa shape index (κ3) is 3.84. The fourth-order valence-corrected chi connectivity index (χ4v) is 4.73. The summed E-state index contributed by atoms with van der Waals surface area (Å²) in [7, 11) is 3.06. The van der Waals surface area contributed by atoms with E-state index in [9.17, 15) is 9.59 Å². The van der Waals surface area contributed by atoms with Crippen molar-refractivity contribution >= 4 is 56.5 Å². The number of hydrogen-bond donors (Lipinski definition) is 0. The first kappa shape index (κ1) is 20.9. The van der Waals surface area contributed by atoms with Crippen molar-refractivity contribution < 1.29 is 28.5 Å². The van der Waals surface area contributed by atoms with Gasteiger partial charge in [0.25, 0.3) is 11.1 Å². The molecular weight excluding hydrogens is 498 g/mol. The second kappa shape index (κ2) is 8.41. The van der Waals surface area contributed by atoms with Crippen LogP contribution in [-0.4, -0.2) is 37.1 Å². The molecule has 2 amide bonds. The fraction of sp³-hybridized carbons (Fsp3) is 0.200. The molecule has 4 rings (SSSR count). The number of ether oxygens (including phenoxy) is 4. The first-order valence-corrected chi connectivity index (χ1v) is 10.6. The van der Waals surface area contributed by atoms with Gasteiger partial charge in [-0.1, -0.05) is 11.6 Å². The van der Waals surface area contributed by atoms with E-state index in [1.807, 2.05) is 0 Å². The van der Waals surface area contributed by atoms with Crippen LogP contribution >= 0.6 is 39.3 Å². The highest BCUT2D eigenvalue weighted by atomic mass is 79.9. The lowest BCUT2D eigenvalue weighted by molar-refractivity contribution is -0.123. The van der Waals surface area contributed by atoms with Gasteiger partial charge in [0, 0.05) is 11.1 Å². The maximum atomic E-state index is 12.9. The van der Waals surface area contributed by atoms with Crippen LogP contribution in [0.1, 0.15) is 11.1 Å². The van der Waals surface area contributed by atoms with Crippen molar-refractivity contribution in [2.24, 2.45) is 0 Å². The molecule has 7 nitrogen and oxygen atoms in total. The molecule has 1 fully saturated rings. The van der Waals surface area contributed by atoms with Crippen molar-refractivity contribution in [1.29, 1.82) is 0 Å². The Labute approximate surface area is 190 Å². The highest BCUT2D eigenvalue weighted by Crippen LogP contribution is 2.41. The predicted octanol–water partition coefficient (Wildman–Crippen LogP) is 5.08. The van der Waals surface area contributed by atoms with Gasteiger partial charge in [-0.15, -0.1) is 0 Å². The van der Waals surface area contributed by atoms with Crippen LogP contribution in [0.5, 0.6) is 23.0 Å². The van der Waals surface area contributed by atoms with Gasteiger partial charge in [-0.3, -0.25) is 14.5 Å². The van der Waals surface area contributed by atoms with E-state index in [1.54, 1.807) is 30.3 Å². The van der Waals surface area contributed by atoms with Gasteiger partial charge < -0.3 is 18.9 Å². The molecule has 1 saturated heterocycles. The monoisotopic (exact) mass is 511 g/mol. The fourth-order valence-electron chi connectivity index (χ4n) is 3.06. The number of amides is 2. The zero-order valence-electron chi connectivity index (χ0n) is 15.9. The second-order valence-corrected chi connectivity index (χ2v) is 8.56. The summed E-state index contributed by atoms with van der Waals surface area (Å²) in [6, 6.07) is 6.81. The topological polar surface area (TPSA) is 74.3 Å². The standard InChI is InChI=1S/C20H15BrClNO6S/c1-26-16-4-10(3-12(21)18(16)27-2)5-17-19(24)23(20(25)30-17)8-11-6-14-15(7-13(11)22)29-9-28-14/h3-7H,8-9H2,1-2H3/b17-5+. The molecule has 2 aromatic rings. The van der Waals surface area contributed by atoms with Crippen LogP contribution in [0.4, 0.5) is 4.79 Å². The number of imide groups is 1. The van der Waals surface area contributed by atoms with Gasteiger partial charge in [0.1, 0.15) is 0 Å². The minimum atomic E-state index is -0.398. The Kier molecular flexibility index (Phi) is 5.86. The van der Waals surface area contributed by atoms with Crippen molar-refractivity contribution in [2.75, 3.05) is 21.0 Å². The molecular formula is C20H15BrClNO6S. The van der Waals surface area contributed by atoms with Gasteiger partial charge >= 0.3 is 0 Å². The van der Waals surface area contributed by atoms with E-state index < -0.39 is 5.91 Å². The SMILES string of the molecule is COc1cc(/C=C2/SC(=O)N(Cc3cc4c(cc3Cl)OCO4)C2=O)cc(Br)c1OC. The molecule has 0 spiro atoms. The van der Waals surface area contributed by atoms with Crippen LogP contribution in [0.3, 0.4) is 0 Å². The number of carbonyl (C=O) groups is 2. The second-order valence-electron chi connectivity index (χ2n) is 6.30. The summed E-state index contributed by atoms with van der Waals surface area (Å²) < 4.78 is 21.9.